The summed E-state index contributed by atoms with van der Waals surface area (Å²) < 4.78 is 73.7. The van der Waals surface area contributed by atoms with Crippen molar-refractivity contribution >= 4 is 47.2 Å². The number of phosphoric acid groups is 2. The van der Waals surface area contributed by atoms with E-state index in [-0.39, 0.29) is 17.1 Å². The maximum Gasteiger partial charge on any atom is 0.481 e. The molecule has 22 heteroatoms. The molecule has 0 amide bonds. The highest BCUT2D eigenvalue weighted by molar-refractivity contribution is 7.90. The topological polar surface area (TPSA) is 246 Å². The summed E-state index contributed by atoms with van der Waals surface area (Å²) in [6.45, 7) is 0.202. The number of imidazole rings is 1. The van der Waals surface area contributed by atoms with Gasteiger partial charge in [0, 0.05) is 21.3 Å². The maximum absolute atomic E-state index is 13.0. The predicted octanol–water partition coefficient (Wildman–Crippen LogP) is 0.119. The van der Waals surface area contributed by atoms with Gasteiger partial charge in [0.1, 0.15) is 18.3 Å². The minimum absolute atomic E-state index is 0.0262. The Morgan fingerprint density at radius 2 is 1.75 bits per heavy atom. The van der Waals surface area contributed by atoms with Gasteiger partial charge in [-0.1, -0.05) is 6.82 Å². The number of ether oxygens (including phenoxy) is 1. The van der Waals surface area contributed by atoms with Gasteiger partial charge in [0.05, 0.1) is 12.9 Å². The zero-order valence-electron chi connectivity index (χ0n) is 19.4. The summed E-state index contributed by atoms with van der Waals surface area (Å²) in [5.74, 6) is -0.214. The zero-order valence-corrected chi connectivity index (χ0v) is 22.1. The summed E-state index contributed by atoms with van der Waals surface area (Å²) in [6, 6.07) is 0. The summed E-state index contributed by atoms with van der Waals surface area (Å²) in [6.07, 6.45) is -4.62. The third kappa shape index (κ3) is 5.99. The quantitative estimate of drug-likeness (QED) is 0.194. The molecule has 6 atom stereocenters. The fraction of sp³-hybridized carbons (Fsp3) is 0.643. The fourth-order valence-corrected chi connectivity index (χ4v) is 8.40. The molecule has 0 bridgehead atoms. The van der Waals surface area contributed by atoms with Gasteiger partial charge in [0.2, 0.25) is 5.95 Å². The maximum atomic E-state index is 13.0. The van der Waals surface area contributed by atoms with Crippen molar-refractivity contribution in [3.8, 4) is 0 Å². The number of nitrogens with two attached hydrogens (primary N) is 1. The number of nitrogen functional groups attached to an aromatic ring is 1. The van der Waals surface area contributed by atoms with Gasteiger partial charge in [-0.2, -0.15) is 4.98 Å². The molecule has 0 saturated carbocycles. The minimum Gasteiger partial charge on any atom is -0.387 e. The Balaban J connectivity index is 1.76. The molecule has 18 nitrogen and oxygen atoms in total. The van der Waals surface area contributed by atoms with Crippen LogP contribution in [-0.4, -0.2) is 83.0 Å². The number of fused-ring (bicyclic) bond motifs is 1. The van der Waals surface area contributed by atoms with Gasteiger partial charge >= 0.3 is 15.6 Å². The van der Waals surface area contributed by atoms with E-state index in [2.05, 4.69) is 24.0 Å². The number of aliphatic hydroxyl groups is 2. The highest BCUT2D eigenvalue weighted by atomic mass is 31.3. The number of anilines is 1. The number of hydrogen-bond donors (Lipinski definition) is 4. The summed E-state index contributed by atoms with van der Waals surface area (Å²) in [5.41, 5.74) is 4.82. The molecule has 1 saturated heterocycles. The van der Waals surface area contributed by atoms with Crippen LogP contribution in [0.2, 0.25) is 6.82 Å². The van der Waals surface area contributed by atoms with Crippen molar-refractivity contribution in [2.75, 3.05) is 33.7 Å². The first-order valence-electron chi connectivity index (χ1n) is 10.1. The second-order valence-electron chi connectivity index (χ2n) is 7.15. The molecule has 0 aliphatic carbocycles. The molecular formula is C14H25BN5O13P3. The molecule has 0 spiro atoms. The van der Waals surface area contributed by atoms with Crippen LogP contribution in [0.5, 0.6) is 0 Å². The van der Waals surface area contributed by atoms with Crippen molar-refractivity contribution in [3.63, 3.8) is 0 Å². The van der Waals surface area contributed by atoms with Gasteiger partial charge in [-0.15, -0.1) is 0 Å². The number of aromatic nitrogens is 4. The molecule has 202 valence electrons. The molecule has 0 radical (unpaired) electrons. The average molecular weight is 575 g/mol. The van der Waals surface area contributed by atoms with Crippen molar-refractivity contribution in [2.45, 2.75) is 31.4 Å². The molecule has 5 N–H and O–H groups in total. The van der Waals surface area contributed by atoms with Crippen LogP contribution in [0.3, 0.4) is 0 Å². The molecular weight excluding hydrogens is 550 g/mol. The lowest BCUT2D eigenvalue weighted by Crippen LogP contribution is -2.33. The molecule has 1 aliphatic heterocycles. The summed E-state index contributed by atoms with van der Waals surface area (Å²) in [4.78, 5) is 22.1. The molecule has 3 rings (SSSR count). The Morgan fingerprint density at radius 1 is 1.14 bits per heavy atom. The third-order valence-electron chi connectivity index (χ3n) is 4.97. The van der Waals surface area contributed by atoms with Gasteiger partial charge in [0.15, 0.2) is 17.4 Å². The molecule has 2 aromatic rings. The lowest BCUT2D eigenvalue weighted by Gasteiger charge is -2.25. The molecule has 36 heavy (non-hydrogen) atoms. The van der Waals surface area contributed by atoms with E-state index in [0.717, 1.165) is 27.7 Å². The lowest BCUT2D eigenvalue weighted by molar-refractivity contribution is -0.0506. The first-order valence-corrected chi connectivity index (χ1v) is 14.8. The fourth-order valence-electron chi connectivity index (χ4n) is 3.08. The molecule has 2 aromatic heterocycles. The van der Waals surface area contributed by atoms with Gasteiger partial charge in [-0.3, -0.25) is 37.0 Å². The van der Waals surface area contributed by atoms with Crippen LogP contribution in [0.25, 0.3) is 11.2 Å². The van der Waals surface area contributed by atoms with Gasteiger partial charge in [-0.05, 0) is 0 Å². The van der Waals surface area contributed by atoms with E-state index >= 15 is 0 Å². The van der Waals surface area contributed by atoms with Crippen LogP contribution < -0.4 is 11.3 Å². The van der Waals surface area contributed by atoms with Crippen molar-refractivity contribution < 1.29 is 55.4 Å². The van der Waals surface area contributed by atoms with E-state index < -0.39 is 66.8 Å². The second-order valence-corrected chi connectivity index (χ2v) is 13.5. The van der Waals surface area contributed by atoms with Gasteiger partial charge < -0.3 is 20.7 Å². The van der Waals surface area contributed by atoms with Crippen molar-refractivity contribution in [1.29, 1.82) is 0 Å². The van der Waals surface area contributed by atoms with Crippen LogP contribution >= 0.6 is 23.1 Å². The van der Waals surface area contributed by atoms with E-state index in [9.17, 15) is 28.7 Å². The van der Waals surface area contributed by atoms with Crippen molar-refractivity contribution in [1.82, 2.24) is 19.5 Å². The Morgan fingerprint density at radius 3 is 2.33 bits per heavy atom. The average Bonchev–Trinajstić information content (AvgIpc) is 3.38. The Bertz CT molecular complexity index is 1280. The molecule has 2 unspecified atom stereocenters. The zero-order chi connectivity index (χ0) is 26.9. The number of rotatable bonds is 12. The summed E-state index contributed by atoms with van der Waals surface area (Å²) in [5, 5.41) is 21.0. The van der Waals surface area contributed by atoms with Crippen molar-refractivity contribution in [3.05, 3.63) is 16.7 Å². The standard InChI is InChI=1S/C14H25BN5O13P3/c1-15-34(24,32-35(25,27-2)28-3)33-36(26,29-4)30-5-7-9(21)10(22)13(31-7)20-6-17-8-11(20)18-14(16)19-12(8)23/h6-7,9-10,13,15,21-22H,5H2,1-4H3,(H3,16,18,19,23)/t7-,9-,10-,13-,34?,36?/m1/s1. The van der Waals surface area contributed by atoms with Crippen LogP contribution in [0, 0.1) is 0 Å². The summed E-state index contributed by atoms with van der Waals surface area (Å²) in [7, 11) is -10.5. The van der Waals surface area contributed by atoms with E-state index in [1.807, 2.05) is 0 Å². The Labute approximate surface area is 204 Å². The van der Waals surface area contributed by atoms with Crippen molar-refractivity contribution in [2.24, 2.45) is 0 Å². The van der Waals surface area contributed by atoms with Crippen LogP contribution in [0.4, 0.5) is 5.95 Å². The Hall–Kier alpha value is -1.46. The Kier molecular flexibility index (Phi) is 8.98. The van der Waals surface area contributed by atoms with Crippen LogP contribution in [0.15, 0.2) is 11.1 Å². The normalized spacial score (nSPS) is 26.1. The first kappa shape index (κ1) is 29.1. The number of nitrogens with one attached hydrogen (secondary N) is 1. The minimum atomic E-state index is -4.66. The van der Waals surface area contributed by atoms with Crippen LogP contribution in [0.1, 0.15) is 6.23 Å². The summed E-state index contributed by atoms with van der Waals surface area (Å²) >= 11 is 0. The molecule has 3 heterocycles. The van der Waals surface area contributed by atoms with E-state index in [0.29, 0.717) is 0 Å². The first-order chi connectivity index (χ1) is 16.8. The molecule has 1 aliphatic rings. The largest absolute Gasteiger partial charge is 0.481 e. The molecule has 1 fully saturated rings. The van der Waals surface area contributed by atoms with E-state index in [4.69, 9.17) is 28.1 Å². The number of H-pyrrole nitrogens is 1. The number of phosphoric ester groups is 2. The highest BCUT2D eigenvalue weighted by Crippen LogP contribution is 2.71. The van der Waals surface area contributed by atoms with Gasteiger partial charge in [-0.25, -0.2) is 22.7 Å². The monoisotopic (exact) mass is 575 g/mol. The number of aliphatic hydroxyl groups excluding tert-OH is 2. The van der Waals surface area contributed by atoms with Crippen LogP contribution in [-0.2, 0) is 45.1 Å². The van der Waals surface area contributed by atoms with E-state index in [1.54, 1.807) is 0 Å². The van der Waals surface area contributed by atoms with Gasteiger partial charge in [0.25, 0.3) is 20.0 Å². The predicted molar refractivity (Wildman–Crippen MR) is 123 cm³/mol. The highest BCUT2D eigenvalue weighted by Gasteiger charge is 2.47. The lowest BCUT2D eigenvalue weighted by atomic mass is 10.1. The SMILES string of the molecule is CBP(=O)(OP(=O)(OC)OC)OP(=O)(OC)OC[C@H]1O[C@@H](n2cnc3c(=O)[nH]c(N)nc32)[C@H](O)[C@@H]1O. The molecule has 0 aromatic carbocycles. The number of nitrogens with zero attached hydrogens (tertiary/aromatic N) is 3. The van der Waals surface area contributed by atoms with E-state index in [1.165, 1.54) is 11.4 Å². The second kappa shape index (κ2) is 11.1. The number of hydrogen-bond acceptors (Lipinski definition) is 16. The third-order valence-corrected chi connectivity index (χ3v) is 11.1. The smallest absolute Gasteiger partial charge is 0.387 e. The number of aromatic amines is 1.